The third-order valence-electron chi connectivity index (χ3n) is 3.25. The van der Waals surface area contributed by atoms with Crippen LogP contribution in [-0.4, -0.2) is 38.5 Å². The van der Waals surface area contributed by atoms with Crippen LogP contribution >= 0.6 is 0 Å². The number of nitrogens with zero attached hydrogens (tertiary/aromatic N) is 1. The standard InChI is InChI=1S/C14H20N4O2/c1-16-14(20)9-3-6-12(11(15)7-9)18(2)8-13(19)17-10-4-5-10/h3,6-7,10H,4-5,8,15H2,1-2H3,(H,16,20)(H,17,19). The number of carbonyl (C=O) groups is 2. The van der Waals surface area contributed by atoms with Gasteiger partial charge in [0, 0.05) is 25.7 Å². The minimum atomic E-state index is -0.183. The number of likely N-dealkylation sites (N-methyl/N-ethyl adjacent to an activating group) is 1. The number of rotatable bonds is 5. The maximum atomic E-state index is 11.8. The van der Waals surface area contributed by atoms with E-state index in [0.29, 0.717) is 17.3 Å². The molecule has 6 heteroatoms. The van der Waals surface area contributed by atoms with Gasteiger partial charge in [-0.15, -0.1) is 0 Å². The summed E-state index contributed by atoms with van der Waals surface area (Å²) in [5, 5.41) is 5.47. The fourth-order valence-electron chi connectivity index (χ4n) is 1.99. The molecule has 108 valence electrons. The van der Waals surface area contributed by atoms with Crippen molar-refractivity contribution < 1.29 is 9.59 Å². The third kappa shape index (κ3) is 3.40. The van der Waals surface area contributed by atoms with E-state index in [1.54, 1.807) is 37.2 Å². The number of benzene rings is 1. The molecule has 0 unspecified atom stereocenters. The molecule has 20 heavy (non-hydrogen) atoms. The highest BCUT2D eigenvalue weighted by molar-refractivity contribution is 5.96. The summed E-state index contributed by atoms with van der Waals surface area (Å²) in [7, 11) is 3.37. The molecular formula is C14H20N4O2. The fourth-order valence-corrected chi connectivity index (χ4v) is 1.99. The van der Waals surface area contributed by atoms with Crippen LogP contribution in [-0.2, 0) is 4.79 Å². The van der Waals surface area contributed by atoms with Crippen molar-refractivity contribution >= 4 is 23.2 Å². The zero-order valence-corrected chi connectivity index (χ0v) is 11.8. The van der Waals surface area contributed by atoms with Gasteiger partial charge in [-0.1, -0.05) is 0 Å². The quantitative estimate of drug-likeness (QED) is 0.677. The normalized spacial score (nSPS) is 13.7. The van der Waals surface area contributed by atoms with Crippen molar-refractivity contribution in [1.29, 1.82) is 0 Å². The Labute approximate surface area is 118 Å². The summed E-state index contributed by atoms with van der Waals surface area (Å²) in [6.07, 6.45) is 2.14. The Hall–Kier alpha value is -2.24. The van der Waals surface area contributed by atoms with E-state index in [1.165, 1.54) is 0 Å². The van der Waals surface area contributed by atoms with Crippen LogP contribution in [0.1, 0.15) is 23.2 Å². The highest BCUT2D eigenvalue weighted by Gasteiger charge is 2.23. The van der Waals surface area contributed by atoms with Crippen LogP contribution < -0.4 is 21.3 Å². The molecule has 0 aliphatic heterocycles. The highest BCUT2D eigenvalue weighted by atomic mass is 16.2. The van der Waals surface area contributed by atoms with Gasteiger partial charge in [0.05, 0.1) is 17.9 Å². The molecule has 0 saturated heterocycles. The molecule has 0 aromatic heterocycles. The highest BCUT2D eigenvalue weighted by Crippen LogP contribution is 2.23. The minimum absolute atomic E-state index is 0.00947. The lowest BCUT2D eigenvalue weighted by molar-refractivity contribution is -0.119. The van der Waals surface area contributed by atoms with Gasteiger partial charge < -0.3 is 21.3 Å². The molecule has 2 rings (SSSR count). The fraction of sp³-hybridized carbons (Fsp3) is 0.429. The Kier molecular flexibility index (Phi) is 4.12. The summed E-state index contributed by atoms with van der Waals surface area (Å²) < 4.78 is 0. The molecule has 4 N–H and O–H groups in total. The van der Waals surface area contributed by atoms with Gasteiger partial charge in [-0.3, -0.25) is 9.59 Å². The second-order valence-corrected chi connectivity index (χ2v) is 5.05. The smallest absolute Gasteiger partial charge is 0.251 e. The van der Waals surface area contributed by atoms with Crippen molar-refractivity contribution in [3.63, 3.8) is 0 Å². The van der Waals surface area contributed by atoms with E-state index < -0.39 is 0 Å². The van der Waals surface area contributed by atoms with E-state index in [0.717, 1.165) is 18.5 Å². The van der Waals surface area contributed by atoms with E-state index >= 15 is 0 Å². The molecule has 1 saturated carbocycles. The Morgan fingerprint density at radius 2 is 2.10 bits per heavy atom. The molecule has 0 heterocycles. The maximum Gasteiger partial charge on any atom is 0.251 e. The molecule has 1 aromatic rings. The monoisotopic (exact) mass is 276 g/mol. The lowest BCUT2D eigenvalue weighted by Gasteiger charge is -2.21. The summed E-state index contributed by atoms with van der Waals surface area (Å²) >= 11 is 0. The Morgan fingerprint density at radius 3 is 2.65 bits per heavy atom. The summed E-state index contributed by atoms with van der Waals surface area (Å²) in [4.78, 5) is 25.0. The molecule has 1 fully saturated rings. The summed E-state index contributed by atoms with van der Waals surface area (Å²) in [5.41, 5.74) is 7.67. The first-order valence-corrected chi connectivity index (χ1v) is 6.63. The zero-order valence-electron chi connectivity index (χ0n) is 11.8. The molecule has 1 aliphatic rings. The SMILES string of the molecule is CNC(=O)c1ccc(N(C)CC(=O)NC2CC2)c(N)c1. The average Bonchev–Trinajstić information content (AvgIpc) is 3.21. The summed E-state index contributed by atoms with van der Waals surface area (Å²) in [6.45, 7) is 0.250. The second-order valence-electron chi connectivity index (χ2n) is 5.05. The average molecular weight is 276 g/mol. The van der Waals surface area contributed by atoms with Gasteiger partial charge in [0.25, 0.3) is 5.91 Å². The lowest BCUT2D eigenvalue weighted by atomic mass is 10.1. The molecule has 1 aliphatic carbocycles. The van der Waals surface area contributed by atoms with E-state index in [1.807, 2.05) is 0 Å². The van der Waals surface area contributed by atoms with Gasteiger partial charge in [0.2, 0.25) is 5.91 Å². The molecule has 0 radical (unpaired) electrons. The Bertz CT molecular complexity index is 526. The first-order valence-electron chi connectivity index (χ1n) is 6.63. The van der Waals surface area contributed by atoms with E-state index in [2.05, 4.69) is 10.6 Å². The van der Waals surface area contributed by atoms with Crippen molar-refractivity contribution in [2.75, 3.05) is 31.3 Å². The first-order chi connectivity index (χ1) is 9.51. The Balaban J connectivity index is 2.03. The van der Waals surface area contributed by atoms with Crippen molar-refractivity contribution in [2.24, 2.45) is 0 Å². The second kappa shape index (κ2) is 5.81. The van der Waals surface area contributed by atoms with Gasteiger partial charge in [0.1, 0.15) is 0 Å². The number of hydrogen-bond donors (Lipinski definition) is 3. The summed E-state index contributed by atoms with van der Waals surface area (Å²) in [5.74, 6) is -0.192. The molecule has 2 amide bonds. The van der Waals surface area contributed by atoms with Crippen LogP contribution in [0.25, 0.3) is 0 Å². The van der Waals surface area contributed by atoms with E-state index in [-0.39, 0.29) is 18.4 Å². The van der Waals surface area contributed by atoms with Gasteiger partial charge in [-0.2, -0.15) is 0 Å². The minimum Gasteiger partial charge on any atom is -0.397 e. The van der Waals surface area contributed by atoms with Crippen molar-refractivity contribution in [3.05, 3.63) is 23.8 Å². The molecule has 1 aromatic carbocycles. The van der Waals surface area contributed by atoms with Crippen LogP contribution in [0, 0.1) is 0 Å². The van der Waals surface area contributed by atoms with Crippen LogP contribution in [0.5, 0.6) is 0 Å². The topological polar surface area (TPSA) is 87.5 Å². The largest absolute Gasteiger partial charge is 0.397 e. The van der Waals surface area contributed by atoms with Crippen molar-refractivity contribution in [3.8, 4) is 0 Å². The van der Waals surface area contributed by atoms with Crippen molar-refractivity contribution in [1.82, 2.24) is 10.6 Å². The number of nitrogens with one attached hydrogen (secondary N) is 2. The lowest BCUT2D eigenvalue weighted by Crippen LogP contribution is -2.36. The first kappa shape index (κ1) is 14.2. The summed E-state index contributed by atoms with van der Waals surface area (Å²) in [6, 6.07) is 5.41. The van der Waals surface area contributed by atoms with Crippen molar-refractivity contribution in [2.45, 2.75) is 18.9 Å². The van der Waals surface area contributed by atoms with Crippen LogP contribution in [0.3, 0.4) is 0 Å². The zero-order chi connectivity index (χ0) is 14.7. The van der Waals surface area contributed by atoms with Crippen LogP contribution in [0.15, 0.2) is 18.2 Å². The van der Waals surface area contributed by atoms with E-state index in [9.17, 15) is 9.59 Å². The van der Waals surface area contributed by atoms with Crippen LogP contribution in [0.4, 0.5) is 11.4 Å². The van der Waals surface area contributed by atoms with E-state index in [4.69, 9.17) is 5.73 Å². The number of nitrogen functional groups attached to an aromatic ring is 1. The number of carbonyl (C=O) groups excluding carboxylic acids is 2. The van der Waals surface area contributed by atoms with Gasteiger partial charge in [0.15, 0.2) is 0 Å². The maximum absolute atomic E-state index is 11.8. The number of anilines is 2. The predicted molar refractivity (Wildman–Crippen MR) is 78.7 cm³/mol. The molecular weight excluding hydrogens is 256 g/mol. The molecule has 6 nitrogen and oxygen atoms in total. The van der Waals surface area contributed by atoms with Gasteiger partial charge >= 0.3 is 0 Å². The van der Waals surface area contributed by atoms with Gasteiger partial charge in [-0.25, -0.2) is 0 Å². The van der Waals surface area contributed by atoms with Gasteiger partial charge in [-0.05, 0) is 31.0 Å². The third-order valence-corrected chi connectivity index (χ3v) is 3.25. The number of hydrogen-bond acceptors (Lipinski definition) is 4. The Morgan fingerprint density at radius 1 is 1.40 bits per heavy atom. The molecule has 0 atom stereocenters. The molecule has 0 bridgehead atoms. The van der Waals surface area contributed by atoms with Crippen LogP contribution in [0.2, 0.25) is 0 Å². The number of amides is 2. The molecule has 0 spiro atoms. The number of nitrogens with two attached hydrogens (primary N) is 1. The predicted octanol–water partition coefficient (Wildman–Crippen LogP) is 0.343.